The predicted octanol–water partition coefficient (Wildman–Crippen LogP) is 5.08. The summed E-state index contributed by atoms with van der Waals surface area (Å²) in [5.74, 6) is 0.432. The maximum Gasteiger partial charge on any atom is 0.416 e. The third-order valence-corrected chi connectivity index (χ3v) is 7.58. The molecule has 1 fully saturated rings. The number of nitrogens with one attached hydrogen (secondary N) is 1. The molecule has 1 saturated carbocycles. The minimum Gasteiger partial charge on any atom is -0.376 e. The lowest BCUT2D eigenvalue weighted by molar-refractivity contribution is -0.137. The van der Waals surface area contributed by atoms with Crippen LogP contribution in [0.2, 0.25) is 0 Å². The van der Waals surface area contributed by atoms with E-state index in [4.69, 9.17) is 4.52 Å². The van der Waals surface area contributed by atoms with Crippen LogP contribution in [0.1, 0.15) is 37.1 Å². The van der Waals surface area contributed by atoms with Gasteiger partial charge in [-0.05, 0) is 49.2 Å². The van der Waals surface area contributed by atoms with E-state index in [0.717, 1.165) is 25.0 Å². The Morgan fingerprint density at radius 3 is 2.26 bits per heavy atom. The first kappa shape index (κ1) is 21.4. The van der Waals surface area contributed by atoms with E-state index < -0.39 is 21.6 Å². The molecule has 6 nitrogen and oxygen atoms in total. The Morgan fingerprint density at radius 2 is 1.65 bits per heavy atom. The van der Waals surface area contributed by atoms with Gasteiger partial charge in [0.25, 0.3) is 0 Å². The standard InChI is InChI=1S/C21H20F3N3O3S/c22-21(23,24)15-7-5-14(6-8-15)20-26-19(30-27-20)13-25-16-9-11-18(12-10-16)31(28,29)17-3-1-2-4-17/h5-12,17,25H,1-4,13H2. The predicted molar refractivity (Wildman–Crippen MR) is 108 cm³/mol. The van der Waals surface area contributed by atoms with Crippen LogP contribution < -0.4 is 5.32 Å². The fourth-order valence-electron chi connectivity index (χ4n) is 3.58. The molecule has 0 bridgehead atoms. The first-order chi connectivity index (χ1) is 14.7. The van der Waals surface area contributed by atoms with Gasteiger partial charge in [-0.3, -0.25) is 0 Å². The summed E-state index contributed by atoms with van der Waals surface area (Å²) in [5.41, 5.74) is 0.337. The third kappa shape index (κ3) is 4.73. The highest BCUT2D eigenvalue weighted by Gasteiger charge is 2.31. The average molecular weight is 451 g/mol. The maximum atomic E-state index is 12.7. The molecule has 1 heterocycles. The van der Waals surface area contributed by atoms with Crippen LogP contribution in [-0.4, -0.2) is 23.8 Å². The lowest BCUT2D eigenvalue weighted by Gasteiger charge is -2.11. The van der Waals surface area contributed by atoms with Gasteiger partial charge in [0.1, 0.15) is 0 Å². The van der Waals surface area contributed by atoms with Crippen LogP contribution in [0.15, 0.2) is 57.9 Å². The first-order valence-electron chi connectivity index (χ1n) is 9.81. The number of anilines is 1. The SMILES string of the molecule is O=S(=O)(c1ccc(NCc2nc(-c3ccc(C(F)(F)F)cc3)no2)cc1)C1CCCC1. The number of hydrogen-bond donors (Lipinski definition) is 1. The Labute approximate surface area is 177 Å². The molecule has 0 unspecified atom stereocenters. The second-order valence-corrected chi connectivity index (χ2v) is 9.64. The molecule has 4 rings (SSSR count). The highest BCUT2D eigenvalue weighted by atomic mass is 32.2. The number of benzene rings is 2. The molecule has 164 valence electrons. The summed E-state index contributed by atoms with van der Waals surface area (Å²) in [7, 11) is -3.30. The minimum absolute atomic E-state index is 0.183. The molecule has 2 aromatic carbocycles. The molecule has 1 aliphatic carbocycles. The smallest absolute Gasteiger partial charge is 0.376 e. The van der Waals surface area contributed by atoms with Crippen molar-refractivity contribution in [1.82, 2.24) is 10.1 Å². The Kier molecular flexibility index (Phi) is 5.74. The van der Waals surface area contributed by atoms with Gasteiger partial charge in [0.2, 0.25) is 11.7 Å². The van der Waals surface area contributed by atoms with Crippen LogP contribution in [0.5, 0.6) is 0 Å². The summed E-state index contributed by atoms with van der Waals surface area (Å²) in [6, 6.07) is 11.0. The van der Waals surface area contributed by atoms with E-state index in [0.29, 0.717) is 29.0 Å². The number of sulfone groups is 1. The monoisotopic (exact) mass is 451 g/mol. The second kappa shape index (κ2) is 8.33. The lowest BCUT2D eigenvalue weighted by atomic mass is 10.1. The Balaban J connectivity index is 1.38. The van der Waals surface area contributed by atoms with E-state index in [-0.39, 0.29) is 23.5 Å². The van der Waals surface area contributed by atoms with Crippen molar-refractivity contribution in [3.63, 3.8) is 0 Å². The second-order valence-electron chi connectivity index (χ2n) is 7.42. The van der Waals surface area contributed by atoms with Crippen LogP contribution in [0.3, 0.4) is 0 Å². The maximum absolute atomic E-state index is 12.7. The van der Waals surface area contributed by atoms with Gasteiger partial charge in [0, 0.05) is 11.3 Å². The summed E-state index contributed by atoms with van der Waals surface area (Å²) in [6.45, 7) is 0.183. The lowest BCUT2D eigenvalue weighted by Crippen LogP contribution is -2.17. The molecule has 1 aliphatic rings. The number of halogens is 3. The highest BCUT2D eigenvalue weighted by molar-refractivity contribution is 7.92. The van der Waals surface area contributed by atoms with E-state index in [9.17, 15) is 21.6 Å². The summed E-state index contributed by atoms with van der Waals surface area (Å²) in [4.78, 5) is 4.49. The van der Waals surface area contributed by atoms with Gasteiger partial charge < -0.3 is 9.84 Å². The molecule has 31 heavy (non-hydrogen) atoms. The van der Waals surface area contributed by atoms with E-state index in [1.54, 1.807) is 24.3 Å². The van der Waals surface area contributed by atoms with Crippen LogP contribution in [-0.2, 0) is 22.6 Å². The first-order valence-corrected chi connectivity index (χ1v) is 11.4. The molecule has 0 spiro atoms. The minimum atomic E-state index is -4.41. The van der Waals surface area contributed by atoms with Crippen molar-refractivity contribution < 1.29 is 26.1 Å². The van der Waals surface area contributed by atoms with Gasteiger partial charge >= 0.3 is 6.18 Å². The molecule has 3 aromatic rings. The zero-order chi connectivity index (χ0) is 22.1. The molecule has 10 heteroatoms. The molecule has 0 atom stereocenters. The summed E-state index contributed by atoms with van der Waals surface area (Å²) in [6.07, 6.45) is -1.09. The van der Waals surface area contributed by atoms with Crippen LogP contribution in [0.4, 0.5) is 18.9 Å². The molecular formula is C21H20F3N3O3S. The fourth-order valence-corrected chi connectivity index (χ4v) is 5.44. The van der Waals surface area contributed by atoms with E-state index in [1.165, 1.54) is 12.1 Å². The zero-order valence-corrected chi connectivity index (χ0v) is 17.2. The van der Waals surface area contributed by atoms with Crippen LogP contribution in [0.25, 0.3) is 11.4 Å². The third-order valence-electron chi connectivity index (χ3n) is 5.31. The topological polar surface area (TPSA) is 85.1 Å². The van der Waals surface area contributed by atoms with E-state index in [2.05, 4.69) is 15.5 Å². The Hall–Kier alpha value is -2.88. The molecule has 1 aromatic heterocycles. The summed E-state index contributed by atoms with van der Waals surface area (Å²) in [5, 5.41) is 6.56. The molecule has 0 amide bonds. The van der Waals surface area contributed by atoms with E-state index >= 15 is 0 Å². The van der Waals surface area contributed by atoms with Gasteiger partial charge in [-0.1, -0.05) is 30.1 Å². The number of hydrogen-bond acceptors (Lipinski definition) is 6. The summed E-state index contributed by atoms with van der Waals surface area (Å²) >= 11 is 0. The van der Waals surface area contributed by atoms with E-state index in [1.807, 2.05) is 0 Å². The summed E-state index contributed by atoms with van der Waals surface area (Å²) < 4.78 is 68.4. The largest absolute Gasteiger partial charge is 0.416 e. The van der Waals surface area contributed by atoms with Crippen molar-refractivity contribution in [2.45, 2.75) is 48.5 Å². The Morgan fingerprint density at radius 1 is 1.00 bits per heavy atom. The number of rotatable bonds is 6. The van der Waals surface area contributed by atoms with Crippen molar-refractivity contribution in [1.29, 1.82) is 0 Å². The fraction of sp³-hybridized carbons (Fsp3) is 0.333. The number of alkyl halides is 3. The molecule has 0 aliphatic heterocycles. The van der Waals surface area contributed by atoms with Gasteiger partial charge in [0.05, 0.1) is 22.3 Å². The van der Waals surface area contributed by atoms with Gasteiger partial charge in [0.15, 0.2) is 9.84 Å². The van der Waals surface area contributed by atoms with Crippen molar-refractivity contribution >= 4 is 15.5 Å². The number of aromatic nitrogens is 2. The van der Waals surface area contributed by atoms with Gasteiger partial charge in [-0.15, -0.1) is 0 Å². The van der Waals surface area contributed by atoms with Crippen molar-refractivity contribution in [3.8, 4) is 11.4 Å². The molecule has 0 radical (unpaired) electrons. The molecule has 1 N–H and O–H groups in total. The normalized spacial score (nSPS) is 15.3. The van der Waals surface area contributed by atoms with Gasteiger partial charge in [-0.25, -0.2) is 8.42 Å². The zero-order valence-electron chi connectivity index (χ0n) is 16.4. The highest BCUT2D eigenvalue weighted by Crippen LogP contribution is 2.31. The number of nitrogens with zero attached hydrogens (tertiary/aromatic N) is 2. The average Bonchev–Trinajstić information content (AvgIpc) is 3.45. The van der Waals surface area contributed by atoms with Crippen molar-refractivity contribution in [2.75, 3.05) is 5.32 Å². The van der Waals surface area contributed by atoms with Crippen molar-refractivity contribution in [2.24, 2.45) is 0 Å². The Bertz CT molecular complexity index is 1140. The van der Waals surface area contributed by atoms with Crippen LogP contribution in [0, 0.1) is 0 Å². The van der Waals surface area contributed by atoms with Crippen molar-refractivity contribution in [3.05, 3.63) is 60.0 Å². The molecular weight excluding hydrogens is 431 g/mol. The van der Waals surface area contributed by atoms with Gasteiger partial charge in [-0.2, -0.15) is 18.2 Å². The quantitative estimate of drug-likeness (QED) is 0.562. The van der Waals surface area contributed by atoms with Crippen LogP contribution >= 0.6 is 0 Å². The molecule has 0 saturated heterocycles.